The van der Waals surface area contributed by atoms with Gasteiger partial charge in [0.2, 0.25) is 0 Å². The molecule has 2 aliphatic rings. The molecule has 0 N–H and O–H groups in total. The Morgan fingerprint density at radius 2 is 1.90 bits per heavy atom. The Labute approximate surface area is 174 Å². The van der Waals surface area contributed by atoms with Gasteiger partial charge in [0, 0.05) is 50.3 Å². The van der Waals surface area contributed by atoms with E-state index in [1.165, 1.54) is 5.56 Å². The first-order chi connectivity index (χ1) is 14.5. The molecule has 2 aliphatic heterocycles. The van der Waals surface area contributed by atoms with Crippen LogP contribution in [0, 0.1) is 19.8 Å². The second-order valence-electron chi connectivity index (χ2n) is 8.48. The molecule has 156 valence electrons. The van der Waals surface area contributed by atoms with Crippen molar-refractivity contribution in [2.45, 2.75) is 33.4 Å². The van der Waals surface area contributed by atoms with Gasteiger partial charge in [0.05, 0.1) is 17.9 Å². The van der Waals surface area contributed by atoms with Crippen molar-refractivity contribution in [1.82, 2.24) is 34.7 Å². The highest BCUT2D eigenvalue weighted by molar-refractivity contribution is 5.44. The number of fused-ring (bicyclic) bond motifs is 1. The number of rotatable bonds is 4. The number of aromatic nitrogens is 6. The van der Waals surface area contributed by atoms with Crippen LogP contribution in [0.4, 0.5) is 5.82 Å². The van der Waals surface area contributed by atoms with Crippen molar-refractivity contribution in [2.24, 2.45) is 5.92 Å². The molecule has 1 fully saturated rings. The van der Waals surface area contributed by atoms with E-state index in [0.717, 1.165) is 55.5 Å². The smallest absolute Gasteiger partial charge is 0.266 e. The molecule has 3 aromatic rings. The normalized spacial score (nSPS) is 17.1. The minimum Gasteiger partial charge on any atom is -0.354 e. The lowest BCUT2D eigenvalue weighted by Gasteiger charge is -2.40. The molecule has 30 heavy (non-hydrogen) atoms. The molecule has 0 atom stereocenters. The van der Waals surface area contributed by atoms with E-state index < -0.39 is 0 Å². The molecule has 0 bridgehead atoms. The average molecular weight is 406 g/mol. The Bertz CT molecular complexity index is 1140. The average Bonchev–Trinajstić information content (AvgIpc) is 3.03. The fourth-order valence-electron chi connectivity index (χ4n) is 4.27. The monoisotopic (exact) mass is 406 g/mol. The molecule has 3 aromatic heterocycles. The van der Waals surface area contributed by atoms with Crippen LogP contribution in [0.3, 0.4) is 0 Å². The standard InChI is InChI=1S/C21H26N8O/c1-14-8-15(2)29(24-14)19-4-5-21(30)28(25-19)12-16-10-27(11-16)20-9-17-13-26(3)7-6-18(17)22-23-20/h4-5,8-9,16H,6-7,10-13H2,1-3H3. The van der Waals surface area contributed by atoms with E-state index in [4.69, 9.17) is 0 Å². The summed E-state index contributed by atoms with van der Waals surface area (Å²) in [5, 5.41) is 17.9. The Balaban J connectivity index is 1.28. The van der Waals surface area contributed by atoms with Gasteiger partial charge in [-0.2, -0.15) is 10.2 Å². The van der Waals surface area contributed by atoms with Gasteiger partial charge in [-0.1, -0.05) is 0 Å². The Morgan fingerprint density at radius 3 is 2.67 bits per heavy atom. The predicted molar refractivity (Wildman–Crippen MR) is 113 cm³/mol. The molecular formula is C21H26N8O. The van der Waals surface area contributed by atoms with Gasteiger partial charge >= 0.3 is 0 Å². The van der Waals surface area contributed by atoms with E-state index in [9.17, 15) is 4.79 Å². The fraction of sp³-hybridized carbons (Fsp3) is 0.476. The van der Waals surface area contributed by atoms with Crippen molar-refractivity contribution < 1.29 is 0 Å². The van der Waals surface area contributed by atoms with Gasteiger partial charge in [0.15, 0.2) is 11.6 Å². The van der Waals surface area contributed by atoms with Crippen LogP contribution in [0.15, 0.2) is 29.1 Å². The maximum atomic E-state index is 12.3. The van der Waals surface area contributed by atoms with Gasteiger partial charge in [-0.25, -0.2) is 9.36 Å². The number of anilines is 1. The van der Waals surface area contributed by atoms with Gasteiger partial charge in [-0.05, 0) is 44.7 Å². The van der Waals surface area contributed by atoms with Crippen molar-refractivity contribution in [3.8, 4) is 5.82 Å². The second kappa shape index (κ2) is 7.32. The molecule has 0 amide bonds. The van der Waals surface area contributed by atoms with Crippen LogP contribution in [0.5, 0.6) is 0 Å². The number of aryl methyl sites for hydroxylation is 2. The first-order valence-corrected chi connectivity index (χ1v) is 10.4. The molecule has 1 saturated heterocycles. The predicted octanol–water partition coefficient (Wildman–Crippen LogP) is 0.960. The summed E-state index contributed by atoms with van der Waals surface area (Å²) in [6, 6.07) is 7.46. The molecule has 0 aromatic carbocycles. The summed E-state index contributed by atoms with van der Waals surface area (Å²) in [5.74, 6) is 1.95. The van der Waals surface area contributed by atoms with E-state index in [2.05, 4.69) is 43.3 Å². The molecule has 0 radical (unpaired) electrons. The molecule has 9 nitrogen and oxygen atoms in total. The van der Waals surface area contributed by atoms with Crippen LogP contribution in [-0.4, -0.2) is 61.3 Å². The zero-order valence-electron chi connectivity index (χ0n) is 17.6. The van der Waals surface area contributed by atoms with E-state index in [1.54, 1.807) is 21.5 Å². The summed E-state index contributed by atoms with van der Waals surface area (Å²) in [7, 11) is 2.13. The lowest BCUT2D eigenvalue weighted by Crippen LogP contribution is -2.50. The summed E-state index contributed by atoms with van der Waals surface area (Å²) in [4.78, 5) is 16.9. The minimum absolute atomic E-state index is 0.0876. The lowest BCUT2D eigenvalue weighted by atomic mass is 9.99. The SMILES string of the molecule is Cc1cc(C)n(-c2ccc(=O)n(CC3CN(c4cc5c(nn4)CCN(C)C5)C3)n2)n1. The van der Waals surface area contributed by atoms with Crippen molar-refractivity contribution in [3.05, 3.63) is 57.3 Å². The van der Waals surface area contributed by atoms with Crippen LogP contribution in [-0.2, 0) is 19.5 Å². The Morgan fingerprint density at radius 1 is 1.07 bits per heavy atom. The molecule has 5 heterocycles. The van der Waals surface area contributed by atoms with Crippen molar-refractivity contribution in [1.29, 1.82) is 0 Å². The third-order valence-electron chi connectivity index (χ3n) is 5.91. The first kappa shape index (κ1) is 18.9. The highest BCUT2D eigenvalue weighted by atomic mass is 16.1. The molecule has 9 heteroatoms. The zero-order chi connectivity index (χ0) is 20.8. The summed E-state index contributed by atoms with van der Waals surface area (Å²) in [6.45, 7) is 8.17. The van der Waals surface area contributed by atoms with Crippen molar-refractivity contribution in [2.75, 3.05) is 31.6 Å². The minimum atomic E-state index is -0.0876. The van der Waals surface area contributed by atoms with Crippen LogP contribution in [0.2, 0.25) is 0 Å². The molecule has 0 aliphatic carbocycles. The Kier molecular flexibility index (Phi) is 4.62. The second-order valence-corrected chi connectivity index (χ2v) is 8.48. The largest absolute Gasteiger partial charge is 0.354 e. The van der Waals surface area contributed by atoms with E-state index in [0.29, 0.717) is 18.3 Å². The van der Waals surface area contributed by atoms with Gasteiger partial charge in [0.1, 0.15) is 0 Å². The molecular weight excluding hydrogens is 380 g/mol. The van der Waals surface area contributed by atoms with Crippen LogP contribution >= 0.6 is 0 Å². The van der Waals surface area contributed by atoms with Gasteiger partial charge in [-0.3, -0.25) is 4.79 Å². The zero-order valence-corrected chi connectivity index (χ0v) is 17.6. The summed E-state index contributed by atoms with van der Waals surface area (Å²) >= 11 is 0. The molecule has 0 spiro atoms. The van der Waals surface area contributed by atoms with Gasteiger partial charge < -0.3 is 9.80 Å². The highest BCUT2D eigenvalue weighted by Crippen LogP contribution is 2.26. The lowest BCUT2D eigenvalue weighted by molar-refractivity contribution is 0.307. The number of likely N-dealkylation sites (N-methyl/N-ethyl adjacent to an activating group) is 1. The molecule has 0 unspecified atom stereocenters. The topological polar surface area (TPSA) is 85.0 Å². The summed E-state index contributed by atoms with van der Waals surface area (Å²) in [5.41, 5.74) is 4.23. The maximum Gasteiger partial charge on any atom is 0.266 e. The molecule has 5 rings (SSSR count). The van der Waals surface area contributed by atoms with Gasteiger partial charge in [-0.15, -0.1) is 10.2 Å². The Hall–Kier alpha value is -3.07. The van der Waals surface area contributed by atoms with E-state index in [-0.39, 0.29) is 5.56 Å². The third-order valence-corrected chi connectivity index (χ3v) is 5.91. The number of nitrogens with zero attached hydrogens (tertiary/aromatic N) is 8. The third kappa shape index (κ3) is 3.49. The van der Waals surface area contributed by atoms with E-state index in [1.807, 2.05) is 19.9 Å². The van der Waals surface area contributed by atoms with Gasteiger partial charge in [0.25, 0.3) is 5.56 Å². The van der Waals surface area contributed by atoms with E-state index >= 15 is 0 Å². The fourth-order valence-corrected chi connectivity index (χ4v) is 4.27. The summed E-state index contributed by atoms with van der Waals surface area (Å²) < 4.78 is 3.33. The first-order valence-electron chi connectivity index (χ1n) is 10.4. The van der Waals surface area contributed by atoms with Crippen molar-refractivity contribution >= 4 is 5.82 Å². The molecule has 0 saturated carbocycles. The van der Waals surface area contributed by atoms with Crippen LogP contribution in [0.25, 0.3) is 5.82 Å². The maximum absolute atomic E-state index is 12.3. The van der Waals surface area contributed by atoms with Crippen LogP contribution < -0.4 is 10.5 Å². The highest BCUT2D eigenvalue weighted by Gasteiger charge is 2.30. The quantitative estimate of drug-likeness (QED) is 0.638. The summed E-state index contributed by atoms with van der Waals surface area (Å²) in [6.07, 6.45) is 0.960. The van der Waals surface area contributed by atoms with Crippen LogP contribution in [0.1, 0.15) is 22.6 Å². The number of hydrogen-bond donors (Lipinski definition) is 0. The van der Waals surface area contributed by atoms with Crippen molar-refractivity contribution in [3.63, 3.8) is 0 Å². The number of hydrogen-bond acceptors (Lipinski definition) is 7.